The number of aromatic nitrogens is 2. The van der Waals surface area contributed by atoms with Crippen molar-refractivity contribution in [3.05, 3.63) is 18.2 Å². The van der Waals surface area contributed by atoms with Crippen LogP contribution in [0.5, 0.6) is 0 Å². The molecule has 1 rings (SSSR count). The summed E-state index contributed by atoms with van der Waals surface area (Å²) in [5, 5.41) is 6.14. The lowest BCUT2D eigenvalue weighted by Gasteiger charge is -2.14. The molecule has 5 nitrogen and oxygen atoms in total. The smallest absolute Gasteiger partial charge is 0.234 e. The fourth-order valence-electron chi connectivity index (χ4n) is 1.81. The molecule has 0 aromatic carbocycles. The molecule has 1 amide bonds. The molecule has 18 heavy (non-hydrogen) atoms. The fraction of sp³-hybridized carbons (Fsp3) is 0.692. The summed E-state index contributed by atoms with van der Waals surface area (Å²) < 4.78 is 1.99. The van der Waals surface area contributed by atoms with Gasteiger partial charge in [-0.2, -0.15) is 0 Å². The van der Waals surface area contributed by atoms with Gasteiger partial charge in [-0.25, -0.2) is 4.98 Å². The lowest BCUT2D eigenvalue weighted by atomic mass is 10.2. The van der Waals surface area contributed by atoms with E-state index in [2.05, 4.69) is 29.5 Å². The molecule has 5 heteroatoms. The average Bonchev–Trinajstić information content (AvgIpc) is 2.77. The van der Waals surface area contributed by atoms with E-state index >= 15 is 0 Å². The van der Waals surface area contributed by atoms with Crippen LogP contribution in [-0.4, -0.2) is 34.6 Å². The quantitative estimate of drug-likeness (QED) is 0.675. The standard InChI is InChI=1S/C13H24N4O/c1-4-11(5-2)16-13(18)10-14-7-6-12-15-8-9-17(12)3/h8-9,11,14H,4-7,10H2,1-3H3,(H,16,18). The molecular formula is C13H24N4O. The van der Waals surface area contributed by atoms with Crippen molar-refractivity contribution in [3.63, 3.8) is 0 Å². The number of nitrogens with one attached hydrogen (secondary N) is 2. The largest absolute Gasteiger partial charge is 0.352 e. The van der Waals surface area contributed by atoms with Crippen molar-refractivity contribution in [2.45, 2.75) is 39.2 Å². The summed E-state index contributed by atoms with van der Waals surface area (Å²) in [4.78, 5) is 15.8. The van der Waals surface area contributed by atoms with E-state index < -0.39 is 0 Å². The van der Waals surface area contributed by atoms with Crippen molar-refractivity contribution in [1.29, 1.82) is 0 Å². The Morgan fingerprint density at radius 2 is 2.17 bits per heavy atom. The number of carbonyl (C=O) groups is 1. The predicted molar refractivity (Wildman–Crippen MR) is 72.3 cm³/mol. The highest BCUT2D eigenvalue weighted by Crippen LogP contribution is 1.95. The van der Waals surface area contributed by atoms with Gasteiger partial charge >= 0.3 is 0 Å². The predicted octanol–water partition coefficient (Wildman–Crippen LogP) is 0.857. The van der Waals surface area contributed by atoms with Crippen LogP contribution in [0.15, 0.2) is 12.4 Å². The van der Waals surface area contributed by atoms with Crippen molar-refractivity contribution in [3.8, 4) is 0 Å². The molecule has 0 bridgehead atoms. The second-order valence-electron chi connectivity index (χ2n) is 4.46. The molecule has 1 aromatic heterocycles. The maximum absolute atomic E-state index is 11.6. The van der Waals surface area contributed by atoms with Gasteiger partial charge in [0.1, 0.15) is 5.82 Å². The van der Waals surface area contributed by atoms with Crippen LogP contribution in [0, 0.1) is 0 Å². The van der Waals surface area contributed by atoms with Gasteiger partial charge in [0.05, 0.1) is 6.54 Å². The van der Waals surface area contributed by atoms with Crippen molar-refractivity contribution in [2.24, 2.45) is 7.05 Å². The van der Waals surface area contributed by atoms with Crippen LogP contribution < -0.4 is 10.6 Å². The van der Waals surface area contributed by atoms with Crippen molar-refractivity contribution < 1.29 is 4.79 Å². The van der Waals surface area contributed by atoms with Crippen LogP contribution in [0.1, 0.15) is 32.5 Å². The van der Waals surface area contributed by atoms with Crippen LogP contribution in [0.3, 0.4) is 0 Å². The molecule has 0 saturated carbocycles. The molecule has 1 heterocycles. The zero-order chi connectivity index (χ0) is 13.4. The summed E-state index contributed by atoms with van der Waals surface area (Å²) in [6, 6.07) is 0.300. The fourth-order valence-corrected chi connectivity index (χ4v) is 1.81. The van der Waals surface area contributed by atoms with E-state index in [-0.39, 0.29) is 5.91 Å². The molecular weight excluding hydrogens is 228 g/mol. The molecule has 0 aliphatic heterocycles. The lowest BCUT2D eigenvalue weighted by molar-refractivity contribution is -0.121. The van der Waals surface area contributed by atoms with Gasteiger partial charge in [0, 0.05) is 38.4 Å². The number of hydrogen-bond acceptors (Lipinski definition) is 3. The molecule has 0 unspecified atom stereocenters. The number of aryl methyl sites for hydroxylation is 1. The Hall–Kier alpha value is -1.36. The maximum atomic E-state index is 11.6. The minimum Gasteiger partial charge on any atom is -0.352 e. The molecule has 0 atom stereocenters. The number of carbonyl (C=O) groups excluding carboxylic acids is 1. The van der Waals surface area contributed by atoms with Gasteiger partial charge in [-0.05, 0) is 12.8 Å². The third-order valence-electron chi connectivity index (χ3n) is 3.08. The van der Waals surface area contributed by atoms with Crippen molar-refractivity contribution >= 4 is 5.91 Å². The Bertz CT molecular complexity index is 358. The molecule has 102 valence electrons. The summed E-state index contributed by atoms with van der Waals surface area (Å²) in [6.45, 7) is 5.31. The van der Waals surface area contributed by atoms with E-state index in [0.717, 1.165) is 31.6 Å². The highest BCUT2D eigenvalue weighted by Gasteiger charge is 2.07. The maximum Gasteiger partial charge on any atom is 0.234 e. The number of imidazole rings is 1. The Labute approximate surface area is 109 Å². The van der Waals surface area contributed by atoms with Gasteiger partial charge in [-0.15, -0.1) is 0 Å². The van der Waals surface area contributed by atoms with Crippen molar-refractivity contribution in [1.82, 2.24) is 20.2 Å². The van der Waals surface area contributed by atoms with Gasteiger partial charge in [0.2, 0.25) is 5.91 Å². The van der Waals surface area contributed by atoms with E-state index in [0.29, 0.717) is 12.6 Å². The van der Waals surface area contributed by atoms with Crippen LogP contribution in [0.25, 0.3) is 0 Å². The van der Waals surface area contributed by atoms with Gasteiger partial charge < -0.3 is 15.2 Å². The molecule has 2 N–H and O–H groups in total. The third kappa shape index (κ3) is 4.87. The van der Waals surface area contributed by atoms with E-state index in [1.165, 1.54) is 0 Å². The van der Waals surface area contributed by atoms with Crippen LogP contribution in [0.2, 0.25) is 0 Å². The zero-order valence-corrected chi connectivity index (χ0v) is 11.6. The monoisotopic (exact) mass is 252 g/mol. The Balaban J connectivity index is 2.14. The van der Waals surface area contributed by atoms with E-state index in [1.54, 1.807) is 6.20 Å². The van der Waals surface area contributed by atoms with Gasteiger partial charge in [0.15, 0.2) is 0 Å². The van der Waals surface area contributed by atoms with E-state index in [4.69, 9.17) is 0 Å². The minimum absolute atomic E-state index is 0.0727. The van der Waals surface area contributed by atoms with Crippen molar-refractivity contribution in [2.75, 3.05) is 13.1 Å². The molecule has 0 saturated heterocycles. The number of rotatable bonds is 8. The minimum atomic E-state index is 0.0727. The topological polar surface area (TPSA) is 59.0 Å². The summed E-state index contributed by atoms with van der Waals surface area (Å²) in [7, 11) is 1.97. The normalized spacial score (nSPS) is 10.9. The highest BCUT2D eigenvalue weighted by atomic mass is 16.1. The average molecular weight is 252 g/mol. The van der Waals surface area contributed by atoms with Gasteiger partial charge in [-0.1, -0.05) is 13.8 Å². The number of nitrogens with zero attached hydrogens (tertiary/aromatic N) is 2. The van der Waals surface area contributed by atoms with E-state index in [9.17, 15) is 4.79 Å². The summed E-state index contributed by atoms with van der Waals surface area (Å²) >= 11 is 0. The molecule has 0 fully saturated rings. The second kappa shape index (κ2) is 7.87. The summed E-state index contributed by atoms with van der Waals surface area (Å²) in [5.41, 5.74) is 0. The first-order valence-electron chi connectivity index (χ1n) is 6.63. The first kappa shape index (κ1) is 14.7. The van der Waals surface area contributed by atoms with Gasteiger partial charge in [-0.3, -0.25) is 4.79 Å². The molecule has 1 aromatic rings. The molecule has 0 spiro atoms. The lowest BCUT2D eigenvalue weighted by Crippen LogP contribution is -2.40. The zero-order valence-electron chi connectivity index (χ0n) is 11.6. The van der Waals surface area contributed by atoms with Crippen LogP contribution >= 0.6 is 0 Å². The Morgan fingerprint density at radius 3 is 2.72 bits per heavy atom. The first-order chi connectivity index (χ1) is 8.67. The molecule has 0 aliphatic rings. The van der Waals surface area contributed by atoms with Crippen LogP contribution in [0.4, 0.5) is 0 Å². The second-order valence-corrected chi connectivity index (χ2v) is 4.46. The third-order valence-corrected chi connectivity index (χ3v) is 3.08. The number of amides is 1. The first-order valence-corrected chi connectivity index (χ1v) is 6.63. The molecule has 0 radical (unpaired) electrons. The Morgan fingerprint density at radius 1 is 1.44 bits per heavy atom. The number of hydrogen-bond donors (Lipinski definition) is 2. The Kier molecular flexibility index (Phi) is 6.43. The van der Waals surface area contributed by atoms with Crippen LogP contribution in [-0.2, 0) is 18.3 Å². The van der Waals surface area contributed by atoms with Gasteiger partial charge in [0.25, 0.3) is 0 Å². The summed E-state index contributed by atoms with van der Waals surface area (Å²) in [5.74, 6) is 1.10. The van der Waals surface area contributed by atoms with E-state index in [1.807, 2.05) is 17.8 Å². The molecule has 0 aliphatic carbocycles. The SMILES string of the molecule is CCC(CC)NC(=O)CNCCc1nccn1C. The highest BCUT2D eigenvalue weighted by molar-refractivity contribution is 5.78. The summed E-state index contributed by atoms with van der Waals surface area (Å²) in [6.07, 6.45) is 6.51.